The van der Waals surface area contributed by atoms with Gasteiger partial charge in [0.15, 0.2) is 15.1 Å². The SMILES string of the molecule is C=CCSc1nnc(-c2ccc([N+](=O)[O-])o2)s1. The molecule has 88 valence electrons. The zero-order chi connectivity index (χ0) is 12.3. The summed E-state index contributed by atoms with van der Waals surface area (Å²) in [5, 5.41) is 18.8. The molecule has 2 heterocycles. The monoisotopic (exact) mass is 269 g/mol. The number of aromatic nitrogens is 2. The van der Waals surface area contributed by atoms with E-state index < -0.39 is 4.92 Å². The fourth-order valence-electron chi connectivity index (χ4n) is 1.04. The summed E-state index contributed by atoms with van der Waals surface area (Å²) in [6.45, 7) is 3.61. The maximum Gasteiger partial charge on any atom is 0.433 e. The van der Waals surface area contributed by atoms with E-state index >= 15 is 0 Å². The van der Waals surface area contributed by atoms with Gasteiger partial charge in [0.1, 0.15) is 4.92 Å². The highest BCUT2D eigenvalue weighted by Crippen LogP contribution is 2.31. The van der Waals surface area contributed by atoms with Crippen molar-refractivity contribution in [3.8, 4) is 10.8 Å². The molecule has 0 aliphatic rings. The minimum atomic E-state index is -0.585. The molecule has 0 fully saturated rings. The van der Waals surface area contributed by atoms with Crippen molar-refractivity contribution >= 4 is 29.0 Å². The second-order valence-electron chi connectivity index (χ2n) is 2.87. The number of rotatable bonds is 5. The molecular formula is C9H7N3O3S2. The first-order valence-corrected chi connectivity index (χ1v) is 6.32. The van der Waals surface area contributed by atoms with Crippen LogP contribution in [0, 0.1) is 10.1 Å². The fraction of sp³-hybridized carbons (Fsp3) is 0.111. The summed E-state index contributed by atoms with van der Waals surface area (Å²) >= 11 is 2.83. The van der Waals surface area contributed by atoms with Crippen molar-refractivity contribution in [3.05, 3.63) is 34.9 Å². The van der Waals surface area contributed by atoms with E-state index in [0.717, 1.165) is 10.1 Å². The van der Waals surface area contributed by atoms with E-state index in [1.807, 2.05) is 0 Å². The maximum atomic E-state index is 10.5. The molecule has 0 radical (unpaired) electrons. The van der Waals surface area contributed by atoms with Crippen LogP contribution in [0.2, 0.25) is 0 Å². The summed E-state index contributed by atoms with van der Waals surface area (Å²) in [7, 11) is 0. The smallest absolute Gasteiger partial charge is 0.398 e. The largest absolute Gasteiger partial charge is 0.433 e. The Hall–Kier alpha value is -1.67. The van der Waals surface area contributed by atoms with Crippen molar-refractivity contribution < 1.29 is 9.34 Å². The highest BCUT2D eigenvalue weighted by molar-refractivity contribution is 8.01. The van der Waals surface area contributed by atoms with E-state index in [2.05, 4.69) is 16.8 Å². The van der Waals surface area contributed by atoms with Gasteiger partial charge in [-0.25, -0.2) is 0 Å². The first-order chi connectivity index (χ1) is 8.20. The van der Waals surface area contributed by atoms with Gasteiger partial charge in [0.2, 0.25) is 0 Å². The van der Waals surface area contributed by atoms with Crippen LogP contribution >= 0.6 is 23.1 Å². The van der Waals surface area contributed by atoms with Crippen LogP contribution < -0.4 is 0 Å². The number of nitro groups is 1. The third-order valence-corrected chi connectivity index (χ3v) is 3.78. The van der Waals surface area contributed by atoms with E-state index in [1.165, 1.54) is 35.2 Å². The van der Waals surface area contributed by atoms with Gasteiger partial charge in [0.25, 0.3) is 0 Å². The third-order valence-electron chi connectivity index (χ3n) is 1.71. The van der Waals surface area contributed by atoms with Crippen molar-refractivity contribution in [2.75, 3.05) is 5.75 Å². The van der Waals surface area contributed by atoms with Gasteiger partial charge in [0, 0.05) is 5.75 Å². The predicted octanol–water partition coefficient (Wildman–Crippen LogP) is 2.98. The summed E-state index contributed by atoms with van der Waals surface area (Å²) < 4.78 is 5.81. The topological polar surface area (TPSA) is 82.1 Å². The summed E-state index contributed by atoms with van der Waals surface area (Å²) in [5.74, 6) is 0.808. The van der Waals surface area contributed by atoms with Crippen molar-refractivity contribution in [3.63, 3.8) is 0 Å². The van der Waals surface area contributed by atoms with Gasteiger partial charge >= 0.3 is 5.88 Å². The Morgan fingerprint density at radius 1 is 1.59 bits per heavy atom. The number of furan rings is 1. The average Bonchev–Trinajstić information content (AvgIpc) is 2.94. The minimum Gasteiger partial charge on any atom is -0.398 e. The van der Waals surface area contributed by atoms with E-state index in [0.29, 0.717) is 10.8 Å². The lowest BCUT2D eigenvalue weighted by molar-refractivity contribution is -0.401. The van der Waals surface area contributed by atoms with Crippen LogP contribution in [0.3, 0.4) is 0 Å². The lowest BCUT2D eigenvalue weighted by atomic mass is 10.5. The molecule has 0 aliphatic heterocycles. The highest BCUT2D eigenvalue weighted by Gasteiger charge is 2.16. The van der Waals surface area contributed by atoms with Gasteiger partial charge < -0.3 is 4.42 Å². The first kappa shape index (κ1) is 11.8. The molecule has 17 heavy (non-hydrogen) atoms. The summed E-state index contributed by atoms with van der Waals surface area (Å²) in [6, 6.07) is 2.81. The Balaban J connectivity index is 2.18. The van der Waals surface area contributed by atoms with Gasteiger partial charge in [-0.2, -0.15) is 0 Å². The standard InChI is InChI=1S/C9H7N3O3S2/c1-2-5-16-9-11-10-8(17-9)6-3-4-7(15-6)12(13)14/h2-4H,1,5H2. The van der Waals surface area contributed by atoms with E-state index in [9.17, 15) is 10.1 Å². The molecule has 2 rings (SSSR count). The second-order valence-corrected chi connectivity index (χ2v) is 5.11. The molecule has 0 amide bonds. The van der Waals surface area contributed by atoms with Crippen LogP contribution in [0.4, 0.5) is 5.88 Å². The van der Waals surface area contributed by atoms with Gasteiger partial charge in [-0.1, -0.05) is 29.2 Å². The summed E-state index contributed by atoms with van der Waals surface area (Å²) in [5.41, 5.74) is 0. The molecule has 8 heteroatoms. The minimum absolute atomic E-state index is 0.296. The third kappa shape index (κ3) is 2.71. The van der Waals surface area contributed by atoms with Crippen molar-refractivity contribution in [2.45, 2.75) is 4.34 Å². The summed E-state index contributed by atoms with van der Waals surface area (Å²) in [6.07, 6.45) is 1.77. The highest BCUT2D eigenvalue weighted by atomic mass is 32.2. The second kappa shape index (κ2) is 5.11. The van der Waals surface area contributed by atoms with Crippen LogP contribution in [-0.2, 0) is 0 Å². The Bertz CT molecular complexity index is 549. The lowest BCUT2D eigenvalue weighted by Crippen LogP contribution is -1.82. The molecule has 6 nitrogen and oxygen atoms in total. The van der Waals surface area contributed by atoms with Crippen LogP contribution in [0.15, 0.2) is 33.5 Å². The predicted molar refractivity (Wildman–Crippen MR) is 65.2 cm³/mol. The van der Waals surface area contributed by atoms with Gasteiger partial charge in [-0.15, -0.1) is 16.8 Å². The number of nitrogens with zero attached hydrogens (tertiary/aromatic N) is 3. The molecule has 0 saturated heterocycles. The first-order valence-electron chi connectivity index (χ1n) is 4.52. The Labute approximate surface area is 105 Å². The van der Waals surface area contributed by atoms with E-state index in [-0.39, 0.29) is 5.88 Å². The molecular weight excluding hydrogens is 262 g/mol. The van der Waals surface area contributed by atoms with Crippen LogP contribution in [0.5, 0.6) is 0 Å². The molecule has 0 aliphatic carbocycles. The molecule has 0 unspecified atom stereocenters. The molecule has 0 bridgehead atoms. The molecule has 0 aromatic carbocycles. The van der Waals surface area contributed by atoms with Crippen molar-refractivity contribution in [2.24, 2.45) is 0 Å². The summed E-state index contributed by atoms with van der Waals surface area (Å²) in [4.78, 5) is 9.87. The molecule has 2 aromatic rings. The van der Waals surface area contributed by atoms with Crippen LogP contribution in [-0.4, -0.2) is 20.9 Å². The van der Waals surface area contributed by atoms with Crippen molar-refractivity contribution in [1.82, 2.24) is 10.2 Å². The zero-order valence-corrected chi connectivity index (χ0v) is 10.2. The van der Waals surface area contributed by atoms with Crippen LogP contribution in [0.25, 0.3) is 10.8 Å². The van der Waals surface area contributed by atoms with Gasteiger partial charge in [-0.05, 0) is 6.07 Å². The maximum absolute atomic E-state index is 10.5. The molecule has 0 atom stereocenters. The number of hydrogen-bond donors (Lipinski definition) is 0. The van der Waals surface area contributed by atoms with Gasteiger partial charge in [-0.3, -0.25) is 10.1 Å². The lowest BCUT2D eigenvalue weighted by Gasteiger charge is -1.86. The van der Waals surface area contributed by atoms with E-state index in [4.69, 9.17) is 4.42 Å². The molecule has 0 saturated carbocycles. The number of thioether (sulfide) groups is 1. The number of hydrogen-bond acceptors (Lipinski definition) is 7. The molecule has 0 spiro atoms. The Kier molecular flexibility index (Phi) is 3.55. The quantitative estimate of drug-likeness (QED) is 0.359. The van der Waals surface area contributed by atoms with E-state index in [1.54, 1.807) is 6.08 Å². The fourth-order valence-corrected chi connectivity index (χ4v) is 2.61. The van der Waals surface area contributed by atoms with Crippen LogP contribution in [0.1, 0.15) is 0 Å². The van der Waals surface area contributed by atoms with Crippen molar-refractivity contribution in [1.29, 1.82) is 0 Å². The normalized spacial score (nSPS) is 10.4. The van der Waals surface area contributed by atoms with Gasteiger partial charge in [0.05, 0.1) is 6.07 Å². The molecule has 2 aromatic heterocycles. The molecule has 0 N–H and O–H groups in total. The zero-order valence-electron chi connectivity index (χ0n) is 8.53. The Morgan fingerprint density at radius 2 is 2.41 bits per heavy atom. The Morgan fingerprint density at radius 3 is 3.06 bits per heavy atom. The average molecular weight is 269 g/mol.